The highest BCUT2D eigenvalue weighted by atomic mass is 32.1. The highest BCUT2D eigenvalue weighted by Crippen LogP contribution is 2.40. The minimum atomic E-state index is -0.125. The Hall–Kier alpha value is -3.36. The second-order valence-electron chi connectivity index (χ2n) is 7.37. The third-order valence-electron chi connectivity index (χ3n) is 5.16. The van der Waals surface area contributed by atoms with Gasteiger partial charge in [-0.15, -0.1) is 11.3 Å². The highest BCUT2D eigenvalue weighted by molar-refractivity contribution is 7.21. The summed E-state index contributed by atoms with van der Waals surface area (Å²) in [5, 5.41) is 0.613. The lowest BCUT2D eigenvalue weighted by atomic mass is 10.1. The average molecular weight is 452 g/mol. The lowest BCUT2D eigenvalue weighted by Gasteiger charge is -2.20. The van der Waals surface area contributed by atoms with Crippen molar-refractivity contribution in [1.29, 1.82) is 0 Å². The molecule has 0 aliphatic carbocycles. The van der Waals surface area contributed by atoms with Gasteiger partial charge in [-0.25, -0.2) is 4.98 Å². The Morgan fingerprint density at radius 2 is 1.72 bits per heavy atom. The molecule has 0 saturated heterocycles. The van der Waals surface area contributed by atoms with E-state index < -0.39 is 0 Å². The summed E-state index contributed by atoms with van der Waals surface area (Å²) in [6.07, 6.45) is 0. The number of ether oxygens (including phenoxy) is 3. The summed E-state index contributed by atoms with van der Waals surface area (Å²) in [7, 11) is 6.75. The largest absolute Gasteiger partial charge is 0.493 e. The maximum absolute atomic E-state index is 12.7. The van der Waals surface area contributed by atoms with E-state index in [1.165, 1.54) is 11.3 Å². The third-order valence-corrected chi connectivity index (χ3v) is 6.23. The number of rotatable bonds is 8. The molecule has 0 bridgehead atoms. The van der Waals surface area contributed by atoms with Crippen LogP contribution in [-0.4, -0.2) is 43.2 Å². The van der Waals surface area contributed by atoms with Gasteiger partial charge in [-0.2, -0.15) is 0 Å². The van der Waals surface area contributed by atoms with Crippen LogP contribution in [-0.2, 0) is 13.1 Å². The molecule has 0 spiro atoms. The third kappa shape index (κ3) is 4.32. The topological polar surface area (TPSA) is 76.7 Å². The van der Waals surface area contributed by atoms with Gasteiger partial charge >= 0.3 is 0 Å². The molecule has 0 fully saturated rings. The summed E-state index contributed by atoms with van der Waals surface area (Å²) < 4.78 is 16.4. The standard InChI is InChI=1S/C24H25N3O4S/c1-27(13-16-10-11-18(29-2)22(31-4)21(16)30-3)14-20-25-23(28)17-12-19(32-24(17)26-20)15-8-6-5-7-9-15/h5-12H,13-14H2,1-4H3,(H,25,26,28). The van der Waals surface area contributed by atoms with Gasteiger partial charge in [0.15, 0.2) is 11.5 Å². The van der Waals surface area contributed by atoms with Crippen LogP contribution in [0, 0.1) is 0 Å². The molecule has 0 aliphatic rings. The van der Waals surface area contributed by atoms with Crippen LogP contribution in [0.2, 0.25) is 0 Å². The quantitative estimate of drug-likeness (QED) is 0.430. The number of fused-ring (bicyclic) bond motifs is 1. The summed E-state index contributed by atoms with van der Waals surface area (Å²) in [5.41, 5.74) is 1.90. The second-order valence-corrected chi connectivity index (χ2v) is 8.40. The SMILES string of the molecule is COc1ccc(CN(C)Cc2nc3sc(-c4ccccc4)cc3c(=O)[nH]2)c(OC)c1OC. The number of H-pyrrole nitrogens is 1. The molecular weight excluding hydrogens is 426 g/mol. The summed E-state index contributed by atoms with van der Waals surface area (Å²) in [5.74, 6) is 2.41. The van der Waals surface area contributed by atoms with Gasteiger partial charge in [0, 0.05) is 17.0 Å². The van der Waals surface area contributed by atoms with Crippen LogP contribution in [0.4, 0.5) is 0 Å². The van der Waals surface area contributed by atoms with E-state index in [0.29, 0.717) is 41.5 Å². The molecular formula is C24H25N3O4S. The van der Waals surface area contributed by atoms with E-state index in [9.17, 15) is 4.79 Å². The predicted molar refractivity (Wildman–Crippen MR) is 127 cm³/mol. The number of aromatic nitrogens is 2. The second kappa shape index (κ2) is 9.42. The predicted octanol–water partition coefficient (Wildman–Crippen LogP) is 4.31. The molecule has 0 radical (unpaired) electrons. The molecule has 166 valence electrons. The summed E-state index contributed by atoms with van der Waals surface area (Å²) in [6, 6.07) is 15.7. The van der Waals surface area contributed by atoms with Gasteiger partial charge in [-0.3, -0.25) is 9.69 Å². The number of hydrogen-bond donors (Lipinski definition) is 1. The van der Waals surface area contributed by atoms with Crippen molar-refractivity contribution in [2.45, 2.75) is 13.1 Å². The monoisotopic (exact) mass is 451 g/mol. The van der Waals surface area contributed by atoms with E-state index in [1.807, 2.05) is 55.6 Å². The van der Waals surface area contributed by atoms with Gasteiger partial charge in [-0.1, -0.05) is 36.4 Å². The van der Waals surface area contributed by atoms with Gasteiger partial charge in [0.1, 0.15) is 10.7 Å². The molecule has 8 heteroatoms. The Morgan fingerprint density at radius 1 is 0.969 bits per heavy atom. The molecule has 0 atom stereocenters. The Balaban J connectivity index is 1.58. The van der Waals surface area contributed by atoms with Crippen molar-refractivity contribution >= 4 is 21.6 Å². The first-order valence-corrected chi connectivity index (χ1v) is 10.9. The zero-order valence-electron chi connectivity index (χ0n) is 18.5. The van der Waals surface area contributed by atoms with Crippen LogP contribution in [0.5, 0.6) is 17.2 Å². The average Bonchev–Trinajstić information content (AvgIpc) is 3.24. The number of hydrogen-bond acceptors (Lipinski definition) is 7. The van der Waals surface area contributed by atoms with Crippen molar-refractivity contribution < 1.29 is 14.2 Å². The number of benzene rings is 2. The van der Waals surface area contributed by atoms with Crippen molar-refractivity contribution in [3.63, 3.8) is 0 Å². The molecule has 4 aromatic rings. The molecule has 0 saturated carbocycles. The van der Waals surface area contributed by atoms with E-state index in [2.05, 4.69) is 9.88 Å². The van der Waals surface area contributed by atoms with Crippen LogP contribution < -0.4 is 19.8 Å². The van der Waals surface area contributed by atoms with Crippen molar-refractivity contribution in [3.8, 4) is 27.7 Å². The van der Waals surface area contributed by atoms with Crippen LogP contribution in [0.3, 0.4) is 0 Å². The maximum Gasteiger partial charge on any atom is 0.259 e. The Bertz CT molecular complexity index is 1280. The minimum absolute atomic E-state index is 0.125. The summed E-state index contributed by atoms with van der Waals surface area (Å²) in [4.78, 5) is 24.1. The molecule has 0 amide bonds. The first-order chi connectivity index (χ1) is 15.5. The minimum Gasteiger partial charge on any atom is -0.493 e. The fourth-order valence-electron chi connectivity index (χ4n) is 3.69. The molecule has 4 rings (SSSR count). The van der Waals surface area contributed by atoms with Crippen molar-refractivity contribution in [2.75, 3.05) is 28.4 Å². The van der Waals surface area contributed by atoms with Crippen LogP contribution >= 0.6 is 11.3 Å². The van der Waals surface area contributed by atoms with E-state index in [0.717, 1.165) is 20.8 Å². The molecule has 0 unspecified atom stereocenters. The Kier molecular flexibility index (Phi) is 6.43. The number of thiophene rings is 1. The van der Waals surface area contributed by atoms with Crippen LogP contribution in [0.1, 0.15) is 11.4 Å². The van der Waals surface area contributed by atoms with Crippen molar-refractivity contribution in [1.82, 2.24) is 14.9 Å². The van der Waals surface area contributed by atoms with Gasteiger partial charge in [0.05, 0.1) is 33.3 Å². The van der Waals surface area contributed by atoms with E-state index in [-0.39, 0.29) is 5.56 Å². The maximum atomic E-state index is 12.7. The highest BCUT2D eigenvalue weighted by Gasteiger charge is 2.18. The number of nitrogens with one attached hydrogen (secondary N) is 1. The zero-order chi connectivity index (χ0) is 22.7. The fraction of sp³-hybridized carbons (Fsp3) is 0.250. The molecule has 1 N–H and O–H groups in total. The fourth-order valence-corrected chi connectivity index (χ4v) is 4.74. The number of methoxy groups -OCH3 is 3. The normalized spacial score (nSPS) is 11.2. The lowest BCUT2D eigenvalue weighted by molar-refractivity contribution is 0.292. The molecule has 2 heterocycles. The van der Waals surface area contributed by atoms with Crippen molar-refractivity contribution in [2.24, 2.45) is 0 Å². The Labute approximate surface area is 190 Å². The van der Waals surface area contributed by atoms with Crippen molar-refractivity contribution in [3.05, 3.63) is 70.3 Å². The lowest BCUT2D eigenvalue weighted by Crippen LogP contribution is -2.22. The van der Waals surface area contributed by atoms with Gasteiger partial charge in [-0.05, 0) is 24.7 Å². The molecule has 2 aromatic carbocycles. The number of nitrogens with zero attached hydrogens (tertiary/aromatic N) is 2. The summed E-state index contributed by atoms with van der Waals surface area (Å²) >= 11 is 1.52. The van der Waals surface area contributed by atoms with E-state index in [4.69, 9.17) is 19.2 Å². The number of aromatic amines is 1. The smallest absolute Gasteiger partial charge is 0.259 e. The van der Waals surface area contributed by atoms with Crippen LogP contribution in [0.15, 0.2) is 53.3 Å². The first kappa shape index (κ1) is 21.9. The zero-order valence-corrected chi connectivity index (χ0v) is 19.3. The van der Waals surface area contributed by atoms with Gasteiger partial charge < -0.3 is 19.2 Å². The van der Waals surface area contributed by atoms with E-state index in [1.54, 1.807) is 21.3 Å². The molecule has 0 aliphatic heterocycles. The first-order valence-electron chi connectivity index (χ1n) is 10.1. The van der Waals surface area contributed by atoms with E-state index >= 15 is 0 Å². The molecule has 2 aromatic heterocycles. The summed E-state index contributed by atoms with van der Waals surface area (Å²) in [6.45, 7) is 1.05. The van der Waals surface area contributed by atoms with Gasteiger partial charge in [0.25, 0.3) is 5.56 Å². The molecule has 32 heavy (non-hydrogen) atoms. The van der Waals surface area contributed by atoms with Crippen LogP contribution in [0.25, 0.3) is 20.7 Å². The molecule has 7 nitrogen and oxygen atoms in total. The van der Waals surface area contributed by atoms with Gasteiger partial charge in [0.2, 0.25) is 5.75 Å². The Morgan fingerprint density at radius 3 is 2.41 bits per heavy atom.